The molecule has 1 saturated carbocycles. The van der Waals surface area contributed by atoms with Crippen molar-refractivity contribution in [2.75, 3.05) is 36.0 Å². The highest BCUT2D eigenvalue weighted by Gasteiger charge is 2.34. The summed E-state index contributed by atoms with van der Waals surface area (Å²) in [5, 5.41) is 0. The molecule has 0 bridgehead atoms. The highest BCUT2D eigenvalue weighted by molar-refractivity contribution is 6.00. The van der Waals surface area contributed by atoms with Gasteiger partial charge in [0.2, 0.25) is 5.91 Å². The number of nitrogens with zero attached hydrogens (tertiary/aromatic N) is 3. The molecular weight excluding hydrogens is 310 g/mol. The molecule has 1 aromatic carbocycles. The lowest BCUT2D eigenvalue weighted by Crippen LogP contribution is -2.53. The first-order chi connectivity index (χ1) is 12.3. The molecule has 25 heavy (non-hydrogen) atoms. The van der Waals surface area contributed by atoms with Gasteiger partial charge >= 0.3 is 0 Å². The van der Waals surface area contributed by atoms with Crippen LogP contribution in [0.2, 0.25) is 0 Å². The minimum Gasteiger partial charge on any atom is -0.365 e. The van der Waals surface area contributed by atoms with E-state index in [4.69, 9.17) is 0 Å². The van der Waals surface area contributed by atoms with E-state index in [0.717, 1.165) is 31.9 Å². The maximum Gasteiger partial charge on any atom is 0.244 e. The van der Waals surface area contributed by atoms with Crippen molar-refractivity contribution >= 4 is 17.3 Å². The summed E-state index contributed by atoms with van der Waals surface area (Å²) in [6.45, 7) is 6.02. The van der Waals surface area contributed by atoms with Crippen LogP contribution in [0.3, 0.4) is 0 Å². The van der Waals surface area contributed by atoms with Crippen molar-refractivity contribution in [3.05, 3.63) is 24.3 Å². The molecule has 4 nitrogen and oxygen atoms in total. The Morgan fingerprint density at radius 2 is 1.60 bits per heavy atom. The molecule has 0 N–H and O–H groups in total. The quantitative estimate of drug-likeness (QED) is 0.839. The van der Waals surface area contributed by atoms with Gasteiger partial charge in [-0.3, -0.25) is 9.69 Å². The van der Waals surface area contributed by atoms with Gasteiger partial charge in [0.1, 0.15) is 0 Å². The van der Waals surface area contributed by atoms with Gasteiger partial charge in [0, 0.05) is 19.1 Å². The van der Waals surface area contributed by atoms with Gasteiger partial charge < -0.3 is 9.80 Å². The Bertz CT molecular complexity index is 605. The summed E-state index contributed by atoms with van der Waals surface area (Å²) < 4.78 is 0. The molecule has 1 atom stereocenters. The van der Waals surface area contributed by atoms with Crippen LogP contribution < -0.4 is 9.80 Å². The van der Waals surface area contributed by atoms with Crippen molar-refractivity contribution < 1.29 is 4.79 Å². The molecule has 1 saturated heterocycles. The fraction of sp³-hybridized carbons (Fsp3) is 0.667. The monoisotopic (exact) mass is 341 g/mol. The number of likely N-dealkylation sites (tertiary alicyclic amines) is 1. The van der Waals surface area contributed by atoms with E-state index in [1.54, 1.807) is 0 Å². The van der Waals surface area contributed by atoms with Gasteiger partial charge in [0.25, 0.3) is 0 Å². The Balaban J connectivity index is 1.56. The van der Waals surface area contributed by atoms with Crippen LogP contribution in [0, 0.1) is 0 Å². The summed E-state index contributed by atoms with van der Waals surface area (Å²) in [4.78, 5) is 20.2. The highest BCUT2D eigenvalue weighted by atomic mass is 16.2. The number of carbonyl (C=O) groups is 1. The van der Waals surface area contributed by atoms with E-state index in [1.807, 2.05) is 0 Å². The molecule has 4 heteroatoms. The molecule has 2 heterocycles. The second-order valence-electron chi connectivity index (χ2n) is 7.88. The van der Waals surface area contributed by atoms with Crippen LogP contribution in [0.4, 0.5) is 11.4 Å². The van der Waals surface area contributed by atoms with Crippen LogP contribution in [0.5, 0.6) is 0 Å². The van der Waals surface area contributed by atoms with Crippen molar-refractivity contribution in [3.63, 3.8) is 0 Å². The molecule has 1 amide bonds. The van der Waals surface area contributed by atoms with Gasteiger partial charge in [-0.2, -0.15) is 0 Å². The van der Waals surface area contributed by atoms with Crippen LogP contribution in [-0.2, 0) is 4.79 Å². The number of amides is 1. The fourth-order valence-electron chi connectivity index (χ4n) is 4.90. The van der Waals surface area contributed by atoms with Crippen LogP contribution in [0.25, 0.3) is 0 Å². The fourth-order valence-corrected chi connectivity index (χ4v) is 4.90. The standard InChI is InChI=1S/C21H31N3O/c1-17(22-13-7-8-14-22)21(25)24-16-15-23(18-9-3-2-4-10-18)19-11-5-6-12-20(19)24/h5-6,11-12,17-18H,2-4,7-10,13-16H2,1H3. The molecule has 1 aliphatic carbocycles. The van der Waals surface area contributed by atoms with Gasteiger partial charge in [0.05, 0.1) is 17.4 Å². The third-order valence-corrected chi connectivity index (χ3v) is 6.37. The van der Waals surface area contributed by atoms with E-state index in [9.17, 15) is 4.79 Å². The minimum absolute atomic E-state index is 0.00298. The van der Waals surface area contributed by atoms with Crippen molar-refractivity contribution in [2.45, 2.75) is 64.0 Å². The summed E-state index contributed by atoms with van der Waals surface area (Å²) in [5.41, 5.74) is 2.39. The van der Waals surface area contributed by atoms with E-state index < -0.39 is 0 Å². The first-order valence-corrected chi connectivity index (χ1v) is 10.2. The van der Waals surface area contributed by atoms with Crippen molar-refractivity contribution in [1.82, 2.24) is 4.90 Å². The molecule has 0 radical (unpaired) electrons. The van der Waals surface area contributed by atoms with Gasteiger partial charge in [-0.05, 0) is 57.8 Å². The number of carbonyl (C=O) groups excluding carboxylic acids is 1. The molecule has 0 aromatic heterocycles. The molecule has 3 aliphatic rings. The second kappa shape index (κ2) is 7.36. The maximum atomic E-state index is 13.2. The Labute approximate surface area is 151 Å². The molecule has 2 fully saturated rings. The number of hydrogen-bond donors (Lipinski definition) is 0. The Hall–Kier alpha value is -1.55. The summed E-state index contributed by atoms with van der Waals surface area (Å²) in [6, 6.07) is 9.19. The number of para-hydroxylation sites is 2. The van der Waals surface area contributed by atoms with Crippen molar-refractivity contribution in [2.24, 2.45) is 0 Å². The number of rotatable bonds is 3. The molecule has 4 rings (SSSR count). The van der Waals surface area contributed by atoms with Crippen LogP contribution in [0.1, 0.15) is 51.9 Å². The molecule has 2 aliphatic heterocycles. The molecule has 136 valence electrons. The largest absolute Gasteiger partial charge is 0.365 e. The zero-order valence-corrected chi connectivity index (χ0v) is 15.5. The number of benzene rings is 1. The molecule has 1 unspecified atom stereocenters. The topological polar surface area (TPSA) is 26.8 Å². The van der Waals surface area contributed by atoms with E-state index in [0.29, 0.717) is 6.04 Å². The van der Waals surface area contributed by atoms with E-state index >= 15 is 0 Å². The van der Waals surface area contributed by atoms with Gasteiger partial charge in [-0.15, -0.1) is 0 Å². The van der Waals surface area contributed by atoms with E-state index in [2.05, 4.69) is 45.9 Å². The molecule has 1 aromatic rings. The Morgan fingerprint density at radius 1 is 0.920 bits per heavy atom. The van der Waals surface area contributed by atoms with Gasteiger partial charge in [-0.25, -0.2) is 0 Å². The lowest BCUT2D eigenvalue weighted by molar-refractivity contribution is -0.122. The minimum atomic E-state index is -0.00298. The predicted molar refractivity (Wildman–Crippen MR) is 103 cm³/mol. The second-order valence-corrected chi connectivity index (χ2v) is 7.88. The number of hydrogen-bond acceptors (Lipinski definition) is 3. The average molecular weight is 341 g/mol. The number of anilines is 2. The van der Waals surface area contributed by atoms with Crippen molar-refractivity contribution in [3.8, 4) is 0 Å². The average Bonchev–Trinajstić information content (AvgIpc) is 3.21. The third kappa shape index (κ3) is 3.29. The Kier molecular flexibility index (Phi) is 4.98. The van der Waals surface area contributed by atoms with E-state index in [-0.39, 0.29) is 11.9 Å². The van der Waals surface area contributed by atoms with Gasteiger partial charge in [0.15, 0.2) is 0 Å². The van der Waals surface area contributed by atoms with Crippen LogP contribution in [0.15, 0.2) is 24.3 Å². The predicted octanol–water partition coefficient (Wildman–Crippen LogP) is 3.66. The Morgan fingerprint density at radius 3 is 2.32 bits per heavy atom. The first-order valence-electron chi connectivity index (χ1n) is 10.2. The normalized spacial score (nSPS) is 23.6. The summed E-state index contributed by atoms with van der Waals surface area (Å²) in [6.07, 6.45) is 9.12. The van der Waals surface area contributed by atoms with Crippen molar-refractivity contribution in [1.29, 1.82) is 0 Å². The summed E-state index contributed by atoms with van der Waals surface area (Å²) >= 11 is 0. The van der Waals surface area contributed by atoms with Crippen LogP contribution >= 0.6 is 0 Å². The first kappa shape index (κ1) is 16.9. The summed E-state index contributed by atoms with van der Waals surface area (Å²) in [5.74, 6) is 0.276. The highest BCUT2D eigenvalue weighted by Crippen LogP contribution is 2.37. The SMILES string of the molecule is CC(C(=O)N1CCN(C2CCCCC2)c2ccccc21)N1CCCC1. The smallest absolute Gasteiger partial charge is 0.244 e. The van der Waals surface area contributed by atoms with Crippen LogP contribution in [-0.4, -0.2) is 49.1 Å². The molecular formula is C21H31N3O. The molecule has 0 spiro atoms. The van der Waals surface area contributed by atoms with Gasteiger partial charge in [-0.1, -0.05) is 31.4 Å². The van der Waals surface area contributed by atoms with E-state index in [1.165, 1.54) is 50.6 Å². The zero-order valence-electron chi connectivity index (χ0n) is 15.5. The lowest BCUT2D eigenvalue weighted by Gasteiger charge is -2.44. The zero-order chi connectivity index (χ0) is 17.2. The lowest BCUT2D eigenvalue weighted by atomic mass is 9.93. The number of fused-ring (bicyclic) bond motifs is 1. The third-order valence-electron chi connectivity index (χ3n) is 6.37. The summed E-state index contributed by atoms with van der Waals surface area (Å²) in [7, 11) is 0. The maximum absolute atomic E-state index is 13.2.